The van der Waals surface area contributed by atoms with Gasteiger partial charge in [0.1, 0.15) is 11.0 Å². The lowest BCUT2D eigenvalue weighted by Gasteiger charge is -2.21. The van der Waals surface area contributed by atoms with Crippen LogP contribution in [-0.2, 0) is 51.4 Å². The Hall–Kier alpha value is -4.50. The maximum Gasteiger partial charge on any atom is 0.113 e. The van der Waals surface area contributed by atoms with Gasteiger partial charge in [0.15, 0.2) is 0 Å². The van der Waals surface area contributed by atoms with Crippen LogP contribution < -0.4 is 0 Å². The fraction of sp³-hybridized carbons (Fsp3) is 0.492. The highest BCUT2D eigenvalue weighted by Crippen LogP contribution is 2.31. The molecule has 0 spiro atoms. The fourth-order valence-electron chi connectivity index (χ4n) is 9.82. The highest BCUT2D eigenvalue weighted by atomic mass is 15.3. The molecule has 4 aliphatic carbocycles. The third-order valence-corrected chi connectivity index (χ3v) is 13.7. The monoisotopic (exact) mass is 830 g/mol. The molecule has 6 aromatic rings. The van der Waals surface area contributed by atoms with Crippen molar-refractivity contribution in [3.63, 3.8) is 0 Å². The maximum absolute atomic E-state index is 4.03. The molecule has 1 aromatic heterocycles. The summed E-state index contributed by atoms with van der Waals surface area (Å²) in [6, 6.07) is 33.8. The molecule has 4 aliphatic rings. The SMILES string of the molecule is CC(C)c1ccc2c(c1)CCC2.CC(C)c1ccc2c(c1)CCCC2.CC(C)c1ccc2n[nH]nc2c1.CC(C)c1cccc2c1CCC2.CC(C)c1cccc2c1CCCC2. The molecule has 5 aromatic carbocycles. The molecule has 0 amide bonds. The van der Waals surface area contributed by atoms with Crippen molar-refractivity contribution in [2.45, 2.75) is 189 Å². The first-order valence-corrected chi connectivity index (χ1v) is 24.6. The van der Waals surface area contributed by atoms with Crippen LogP contribution in [0.5, 0.6) is 0 Å². The Kier molecular flexibility index (Phi) is 17.2. The molecular weight excluding hydrogens is 751 g/mol. The molecule has 0 saturated carbocycles. The van der Waals surface area contributed by atoms with Crippen LogP contribution in [0.4, 0.5) is 0 Å². The van der Waals surface area contributed by atoms with Crippen molar-refractivity contribution >= 4 is 11.0 Å². The first kappa shape index (κ1) is 47.0. The van der Waals surface area contributed by atoms with E-state index >= 15 is 0 Å². The van der Waals surface area contributed by atoms with E-state index in [9.17, 15) is 0 Å². The van der Waals surface area contributed by atoms with E-state index in [-0.39, 0.29) is 0 Å². The highest BCUT2D eigenvalue weighted by molar-refractivity contribution is 5.74. The predicted octanol–water partition coefficient (Wildman–Crippen LogP) is 16.1. The molecule has 0 unspecified atom stereocenters. The Morgan fingerprint density at radius 1 is 0.339 bits per heavy atom. The van der Waals surface area contributed by atoms with Gasteiger partial charge in [-0.15, -0.1) is 0 Å². The van der Waals surface area contributed by atoms with E-state index in [0.29, 0.717) is 29.6 Å². The zero-order valence-corrected chi connectivity index (χ0v) is 40.3. The molecule has 0 bridgehead atoms. The lowest BCUT2D eigenvalue weighted by molar-refractivity contribution is 0.670. The van der Waals surface area contributed by atoms with Crippen LogP contribution in [0.15, 0.2) is 91.0 Å². The van der Waals surface area contributed by atoms with E-state index in [2.05, 4.69) is 170 Å². The molecule has 0 radical (unpaired) electrons. The Balaban J connectivity index is 0.000000129. The van der Waals surface area contributed by atoms with E-state index in [1.54, 1.807) is 55.6 Å². The number of H-pyrrole nitrogens is 1. The summed E-state index contributed by atoms with van der Waals surface area (Å²) < 4.78 is 0. The zero-order valence-electron chi connectivity index (χ0n) is 40.3. The van der Waals surface area contributed by atoms with Gasteiger partial charge < -0.3 is 0 Å². The van der Waals surface area contributed by atoms with Gasteiger partial charge >= 0.3 is 0 Å². The minimum atomic E-state index is 0.547. The molecule has 3 heteroatoms. The molecule has 1 heterocycles. The number of nitrogens with zero attached hydrogens (tertiary/aromatic N) is 2. The average Bonchev–Trinajstić information content (AvgIpc) is 4.08. The van der Waals surface area contributed by atoms with Crippen LogP contribution in [0.2, 0.25) is 0 Å². The van der Waals surface area contributed by atoms with Crippen LogP contribution in [0, 0.1) is 0 Å². The minimum Gasteiger partial charge on any atom is -0.197 e. The largest absolute Gasteiger partial charge is 0.197 e. The molecule has 1 N–H and O–H groups in total. The summed E-state index contributed by atoms with van der Waals surface area (Å²) in [6.07, 6.45) is 18.7. The maximum atomic E-state index is 4.03. The summed E-state index contributed by atoms with van der Waals surface area (Å²) >= 11 is 0. The summed E-state index contributed by atoms with van der Waals surface area (Å²) in [4.78, 5) is 0. The molecule has 0 aliphatic heterocycles. The number of rotatable bonds is 5. The molecule has 10 rings (SSSR count). The molecule has 3 nitrogen and oxygen atoms in total. The minimum absolute atomic E-state index is 0.547. The quantitative estimate of drug-likeness (QED) is 0.188. The van der Waals surface area contributed by atoms with E-state index in [4.69, 9.17) is 0 Å². The van der Waals surface area contributed by atoms with Gasteiger partial charge in [0.25, 0.3) is 0 Å². The summed E-state index contributed by atoms with van der Waals surface area (Å²) in [7, 11) is 0. The number of nitrogens with one attached hydrogen (secondary N) is 1. The third kappa shape index (κ3) is 12.6. The second-order valence-corrected chi connectivity index (χ2v) is 20.0. The van der Waals surface area contributed by atoms with Gasteiger partial charge in [0.2, 0.25) is 0 Å². The number of benzene rings is 5. The first-order valence-electron chi connectivity index (χ1n) is 24.6. The van der Waals surface area contributed by atoms with Gasteiger partial charge in [0.05, 0.1) is 0 Å². The number of aryl methyl sites for hydroxylation is 6. The average molecular weight is 830 g/mol. The van der Waals surface area contributed by atoms with Crippen LogP contribution >= 0.6 is 0 Å². The summed E-state index contributed by atoms with van der Waals surface area (Å²) in [5.74, 6) is 3.28. The molecular formula is C59H79N3. The van der Waals surface area contributed by atoms with Crippen molar-refractivity contribution in [3.8, 4) is 0 Å². The van der Waals surface area contributed by atoms with Gasteiger partial charge in [-0.25, -0.2) is 0 Å². The van der Waals surface area contributed by atoms with Crippen molar-refractivity contribution in [2.75, 3.05) is 0 Å². The van der Waals surface area contributed by atoms with E-state index in [1.165, 1.54) is 107 Å². The summed E-state index contributed by atoms with van der Waals surface area (Å²) in [6.45, 7) is 22.6. The van der Waals surface area contributed by atoms with Gasteiger partial charge in [0, 0.05) is 0 Å². The molecule has 0 fully saturated rings. The van der Waals surface area contributed by atoms with Crippen LogP contribution in [0.25, 0.3) is 11.0 Å². The third-order valence-electron chi connectivity index (χ3n) is 13.7. The van der Waals surface area contributed by atoms with Crippen LogP contribution in [-0.4, -0.2) is 15.4 Å². The second-order valence-electron chi connectivity index (χ2n) is 20.0. The van der Waals surface area contributed by atoms with Gasteiger partial charge in [-0.1, -0.05) is 148 Å². The lowest BCUT2D eigenvalue weighted by Crippen LogP contribution is -2.06. The van der Waals surface area contributed by atoms with Crippen LogP contribution in [0.3, 0.4) is 0 Å². The van der Waals surface area contributed by atoms with E-state index < -0.39 is 0 Å². The second kappa shape index (κ2) is 22.7. The van der Waals surface area contributed by atoms with Crippen molar-refractivity contribution in [1.82, 2.24) is 15.4 Å². The van der Waals surface area contributed by atoms with Crippen molar-refractivity contribution in [1.29, 1.82) is 0 Å². The normalized spacial score (nSPS) is 14.8. The zero-order chi connectivity index (χ0) is 44.2. The smallest absolute Gasteiger partial charge is 0.113 e. The Morgan fingerprint density at radius 3 is 1.26 bits per heavy atom. The van der Waals surface area contributed by atoms with Gasteiger partial charge in [-0.05, 0) is 204 Å². The standard InChI is InChI=1S/2C13H18.2C12H16.C9H11N3/c1-10(2)12-9-5-7-11-6-3-4-8-13(11)12;1-10(2)12-8-7-11-5-3-4-6-13(11)9-12;1-9(2)11-7-3-5-10-6-4-8-12(10)11;1-9(2)11-7-6-10-4-3-5-12(10)8-11;1-6(2)7-3-4-8-9(5-7)11-12-10-8/h5,7,9-10H,3-4,6,8H2,1-2H3;7-10H,3-6H2,1-2H3;3,5,7,9H,4,6,8H2,1-2H3;6-9H,3-5H2,1-2H3;3-6H,1-2H3,(H,10,11,12). The Morgan fingerprint density at radius 2 is 0.726 bits per heavy atom. The molecule has 62 heavy (non-hydrogen) atoms. The topological polar surface area (TPSA) is 41.6 Å². The predicted molar refractivity (Wildman–Crippen MR) is 267 cm³/mol. The highest BCUT2D eigenvalue weighted by Gasteiger charge is 2.16. The van der Waals surface area contributed by atoms with Gasteiger partial charge in [-0.2, -0.15) is 15.4 Å². The van der Waals surface area contributed by atoms with Crippen LogP contribution in [0.1, 0.15) is 210 Å². The molecule has 0 atom stereocenters. The van der Waals surface area contributed by atoms with Crippen molar-refractivity contribution < 1.29 is 0 Å². The van der Waals surface area contributed by atoms with Crippen molar-refractivity contribution in [3.05, 3.63) is 163 Å². The van der Waals surface area contributed by atoms with Gasteiger partial charge in [-0.3, -0.25) is 0 Å². The Labute approximate surface area is 377 Å². The summed E-state index contributed by atoms with van der Waals surface area (Å²) in [5.41, 5.74) is 22.2. The number of aromatic nitrogens is 3. The fourth-order valence-corrected chi connectivity index (χ4v) is 9.82. The number of fused-ring (bicyclic) bond motifs is 5. The van der Waals surface area contributed by atoms with Crippen molar-refractivity contribution in [2.24, 2.45) is 0 Å². The first-order chi connectivity index (χ1) is 29.9. The number of hydrogen-bond acceptors (Lipinski definition) is 2. The Bertz CT molecular complexity index is 2320. The molecule has 330 valence electrons. The summed E-state index contributed by atoms with van der Waals surface area (Å²) in [5, 5.41) is 10.6. The lowest BCUT2D eigenvalue weighted by atomic mass is 9.85. The van der Waals surface area contributed by atoms with E-state index in [1.807, 2.05) is 6.07 Å². The van der Waals surface area contributed by atoms with E-state index in [0.717, 1.165) is 11.0 Å². The number of aromatic amines is 1. The molecule has 0 saturated heterocycles. The number of hydrogen-bond donors (Lipinski definition) is 1.